The summed E-state index contributed by atoms with van der Waals surface area (Å²) in [7, 11) is 0. The van der Waals surface area contributed by atoms with E-state index in [1.807, 2.05) is 12.1 Å². The molecule has 0 atom stereocenters. The Morgan fingerprint density at radius 2 is 1.88 bits per heavy atom. The fourth-order valence-corrected chi connectivity index (χ4v) is 1.40. The van der Waals surface area contributed by atoms with Crippen LogP contribution in [0.3, 0.4) is 0 Å². The van der Waals surface area contributed by atoms with Gasteiger partial charge in [-0.1, -0.05) is 6.07 Å². The molecule has 0 radical (unpaired) electrons. The van der Waals surface area contributed by atoms with Gasteiger partial charge in [0, 0.05) is 11.8 Å². The van der Waals surface area contributed by atoms with E-state index in [0.717, 1.165) is 5.56 Å². The van der Waals surface area contributed by atoms with Crippen LogP contribution in [0.4, 0.5) is 4.39 Å². The number of hydrogen-bond acceptors (Lipinski definition) is 3. The normalized spacial score (nSPS) is 11.4. The molecule has 1 heterocycles. The van der Waals surface area contributed by atoms with Crippen LogP contribution in [0.25, 0.3) is 0 Å². The largest absolute Gasteiger partial charge is 0.323 e. The molecule has 0 spiro atoms. The maximum atomic E-state index is 12.8. The van der Waals surface area contributed by atoms with E-state index in [4.69, 9.17) is 5.84 Å². The fraction of sp³-hybridized carbons (Fsp3) is 0. The van der Waals surface area contributed by atoms with Gasteiger partial charge in [0.15, 0.2) is 0 Å². The van der Waals surface area contributed by atoms with Gasteiger partial charge < -0.3 is 5.84 Å². The van der Waals surface area contributed by atoms with Crippen LogP contribution < -0.4 is 5.84 Å². The Balaban J connectivity index is 2.42. The van der Waals surface area contributed by atoms with E-state index in [9.17, 15) is 4.39 Å². The Hall–Kier alpha value is -2.23. The van der Waals surface area contributed by atoms with Crippen LogP contribution >= 0.6 is 0 Å². The highest BCUT2D eigenvalue weighted by atomic mass is 19.1. The van der Waals surface area contributed by atoms with Crippen molar-refractivity contribution in [3.8, 4) is 0 Å². The Morgan fingerprint density at radius 1 is 1.12 bits per heavy atom. The minimum Gasteiger partial charge on any atom is -0.323 e. The van der Waals surface area contributed by atoms with Gasteiger partial charge >= 0.3 is 0 Å². The van der Waals surface area contributed by atoms with Crippen molar-refractivity contribution in [1.29, 1.82) is 0 Å². The Morgan fingerprint density at radius 3 is 2.44 bits per heavy atom. The lowest BCUT2D eigenvalue weighted by molar-refractivity contribution is 0.628. The molecule has 0 saturated heterocycles. The number of nitrogens with two attached hydrogens (primary N) is 1. The van der Waals surface area contributed by atoms with Gasteiger partial charge in [-0.3, -0.25) is 4.98 Å². The first-order valence-electron chi connectivity index (χ1n) is 4.76. The van der Waals surface area contributed by atoms with Gasteiger partial charge in [-0.25, -0.2) is 4.39 Å². The zero-order chi connectivity index (χ0) is 11.4. The van der Waals surface area contributed by atoms with Crippen LogP contribution in [0, 0.1) is 5.82 Å². The second kappa shape index (κ2) is 4.53. The van der Waals surface area contributed by atoms with Gasteiger partial charge in [-0.2, -0.15) is 5.10 Å². The van der Waals surface area contributed by atoms with E-state index >= 15 is 0 Å². The van der Waals surface area contributed by atoms with E-state index in [1.165, 1.54) is 12.1 Å². The zero-order valence-electron chi connectivity index (χ0n) is 8.47. The van der Waals surface area contributed by atoms with Crippen molar-refractivity contribution in [3.63, 3.8) is 0 Å². The van der Waals surface area contributed by atoms with Gasteiger partial charge in [0.25, 0.3) is 0 Å². The molecule has 80 valence electrons. The Labute approximate surface area is 92.4 Å². The van der Waals surface area contributed by atoms with Crippen molar-refractivity contribution in [2.75, 3.05) is 0 Å². The molecule has 0 aliphatic heterocycles. The van der Waals surface area contributed by atoms with E-state index < -0.39 is 0 Å². The van der Waals surface area contributed by atoms with Crippen LogP contribution in [0.2, 0.25) is 0 Å². The third kappa shape index (κ3) is 2.06. The fourth-order valence-electron chi connectivity index (χ4n) is 1.40. The lowest BCUT2D eigenvalue weighted by Gasteiger charge is -2.04. The summed E-state index contributed by atoms with van der Waals surface area (Å²) in [6.07, 6.45) is 1.66. The average Bonchev–Trinajstić information content (AvgIpc) is 2.34. The molecule has 0 unspecified atom stereocenters. The van der Waals surface area contributed by atoms with Crippen molar-refractivity contribution >= 4 is 5.71 Å². The molecule has 1 aromatic heterocycles. The molecular formula is C12H10FN3. The molecule has 0 amide bonds. The molecule has 0 aliphatic carbocycles. The minimum atomic E-state index is -0.291. The zero-order valence-corrected chi connectivity index (χ0v) is 8.47. The van der Waals surface area contributed by atoms with Gasteiger partial charge in [-0.05, 0) is 36.4 Å². The lowest BCUT2D eigenvalue weighted by Crippen LogP contribution is -2.08. The molecule has 3 nitrogen and oxygen atoms in total. The maximum Gasteiger partial charge on any atom is 0.123 e. The van der Waals surface area contributed by atoms with Crippen molar-refractivity contribution in [3.05, 3.63) is 65.7 Å². The molecule has 4 heteroatoms. The van der Waals surface area contributed by atoms with Crippen LogP contribution in [0.1, 0.15) is 11.3 Å². The molecule has 16 heavy (non-hydrogen) atoms. The molecule has 0 saturated carbocycles. The molecule has 0 bridgehead atoms. The van der Waals surface area contributed by atoms with Gasteiger partial charge in [0.1, 0.15) is 11.5 Å². The highest BCUT2D eigenvalue weighted by molar-refractivity contribution is 6.11. The van der Waals surface area contributed by atoms with Gasteiger partial charge in [0.2, 0.25) is 0 Å². The number of nitrogens with zero attached hydrogens (tertiary/aromatic N) is 2. The first-order chi connectivity index (χ1) is 7.81. The number of benzene rings is 1. The monoisotopic (exact) mass is 215 g/mol. The molecule has 2 aromatic rings. The van der Waals surface area contributed by atoms with E-state index in [2.05, 4.69) is 10.1 Å². The summed E-state index contributed by atoms with van der Waals surface area (Å²) < 4.78 is 12.8. The number of aromatic nitrogens is 1. The molecular weight excluding hydrogens is 205 g/mol. The third-order valence-corrected chi connectivity index (χ3v) is 2.15. The van der Waals surface area contributed by atoms with Crippen molar-refractivity contribution < 1.29 is 4.39 Å². The van der Waals surface area contributed by atoms with Gasteiger partial charge in [-0.15, -0.1) is 0 Å². The minimum absolute atomic E-state index is 0.291. The van der Waals surface area contributed by atoms with Crippen LogP contribution in [0.5, 0.6) is 0 Å². The van der Waals surface area contributed by atoms with E-state index in [0.29, 0.717) is 11.4 Å². The van der Waals surface area contributed by atoms with Crippen LogP contribution in [0.15, 0.2) is 53.8 Å². The summed E-state index contributed by atoms with van der Waals surface area (Å²) in [5.74, 6) is 5.04. The topological polar surface area (TPSA) is 51.3 Å². The summed E-state index contributed by atoms with van der Waals surface area (Å²) in [5.41, 5.74) is 1.94. The number of halogens is 1. The molecule has 2 N–H and O–H groups in total. The van der Waals surface area contributed by atoms with Crippen molar-refractivity contribution in [2.24, 2.45) is 10.9 Å². The molecule has 0 aliphatic rings. The highest BCUT2D eigenvalue weighted by Gasteiger charge is 2.07. The number of pyridine rings is 1. The number of hydrazone groups is 1. The summed E-state index contributed by atoms with van der Waals surface area (Å²) in [6.45, 7) is 0. The summed E-state index contributed by atoms with van der Waals surface area (Å²) in [6, 6.07) is 11.4. The molecule has 0 fully saturated rings. The van der Waals surface area contributed by atoms with E-state index in [-0.39, 0.29) is 5.82 Å². The predicted octanol–water partition coefficient (Wildman–Crippen LogP) is 1.93. The van der Waals surface area contributed by atoms with Crippen LogP contribution in [-0.4, -0.2) is 10.7 Å². The quantitative estimate of drug-likeness (QED) is 0.472. The SMILES string of the molecule is N/N=C(\c1ccc(F)cc1)c1ccccn1. The highest BCUT2D eigenvalue weighted by Crippen LogP contribution is 2.09. The number of rotatable bonds is 2. The third-order valence-electron chi connectivity index (χ3n) is 2.15. The first kappa shape index (κ1) is 10.3. The smallest absolute Gasteiger partial charge is 0.123 e. The van der Waals surface area contributed by atoms with Gasteiger partial charge in [0.05, 0.1) is 5.69 Å². The molecule has 2 rings (SSSR count). The Bertz CT molecular complexity index is 491. The second-order valence-electron chi connectivity index (χ2n) is 3.20. The lowest BCUT2D eigenvalue weighted by atomic mass is 10.1. The maximum absolute atomic E-state index is 12.8. The summed E-state index contributed by atoms with van der Waals surface area (Å²) in [5, 5.41) is 3.69. The predicted molar refractivity (Wildman–Crippen MR) is 60.5 cm³/mol. The second-order valence-corrected chi connectivity index (χ2v) is 3.20. The van der Waals surface area contributed by atoms with Crippen LogP contribution in [-0.2, 0) is 0 Å². The number of hydrogen-bond donors (Lipinski definition) is 1. The van der Waals surface area contributed by atoms with E-state index in [1.54, 1.807) is 24.4 Å². The standard InChI is InChI=1S/C12H10FN3/c13-10-6-4-9(5-7-10)12(16-14)11-3-1-2-8-15-11/h1-8H,14H2/b16-12+. The summed E-state index contributed by atoms with van der Waals surface area (Å²) >= 11 is 0. The average molecular weight is 215 g/mol. The molecule has 1 aromatic carbocycles. The van der Waals surface area contributed by atoms with Crippen molar-refractivity contribution in [2.45, 2.75) is 0 Å². The van der Waals surface area contributed by atoms with Crippen molar-refractivity contribution in [1.82, 2.24) is 4.98 Å². The summed E-state index contributed by atoms with van der Waals surface area (Å²) in [4.78, 5) is 4.14. The first-order valence-corrected chi connectivity index (χ1v) is 4.76. The Kier molecular flexibility index (Phi) is 2.91.